The predicted octanol–water partition coefficient (Wildman–Crippen LogP) is 1.69. The number of hydrogen-bond donors (Lipinski definition) is 1. The summed E-state index contributed by atoms with van der Waals surface area (Å²) in [7, 11) is 1.94. The van der Waals surface area contributed by atoms with Crippen LogP contribution in [0.5, 0.6) is 0 Å². The molecular formula is C13H16N4. The quantitative estimate of drug-likeness (QED) is 0.791. The van der Waals surface area contributed by atoms with Crippen LogP contribution in [-0.2, 0) is 6.42 Å². The average molecular weight is 228 g/mol. The Bertz CT molecular complexity index is 456. The molecule has 1 N–H and O–H groups in total. The molecule has 88 valence electrons. The smallest absolute Gasteiger partial charge is 0.151 e. The number of aryl methyl sites for hydroxylation is 1. The van der Waals surface area contributed by atoms with Gasteiger partial charge in [0.15, 0.2) is 5.82 Å². The lowest BCUT2D eigenvalue weighted by Crippen LogP contribution is -2.10. The van der Waals surface area contributed by atoms with Crippen LogP contribution in [0.25, 0.3) is 11.3 Å². The number of benzene rings is 1. The molecule has 0 saturated heterocycles. The zero-order valence-electron chi connectivity index (χ0n) is 9.93. The summed E-state index contributed by atoms with van der Waals surface area (Å²) in [6.45, 7) is 0.971. The molecule has 1 aromatic heterocycles. The Morgan fingerprint density at radius 2 is 2.00 bits per heavy atom. The van der Waals surface area contributed by atoms with Crippen LogP contribution in [0.2, 0.25) is 0 Å². The Balaban J connectivity index is 2.12. The van der Waals surface area contributed by atoms with Gasteiger partial charge in [-0.25, -0.2) is 4.98 Å². The molecule has 0 fully saturated rings. The van der Waals surface area contributed by atoms with Crippen LogP contribution >= 0.6 is 0 Å². The molecule has 17 heavy (non-hydrogen) atoms. The van der Waals surface area contributed by atoms with E-state index in [9.17, 15) is 0 Å². The summed E-state index contributed by atoms with van der Waals surface area (Å²) < 4.78 is 0. The first-order valence-electron chi connectivity index (χ1n) is 5.79. The number of hydrogen-bond acceptors (Lipinski definition) is 4. The van der Waals surface area contributed by atoms with Crippen LogP contribution in [0.4, 0.5) is 0 Å². The second-order valence-electron chi connectivity index (χ2n) is 3.83. The summed E-state index contributed by atoms with van der Waals surface area (Å²) >= 11 is 0. The molecule has 0 aliphatic heterocycles. The topological polar surface area (TPSA) is 50.7 Å². The number of nitrogens with zero attached hydrogens (tertiary/aromatic N) is 3. The van der Waals surface area contributed by atoms with Crippen LogP contribution in [0.15, 0.2) is 36.5 Å². The van der Waals surface area contributed by atoms with E-state index in [1.54, 1.807) is 6.20 Å². The van der Waals surface area contributed by atoms with E-state index >= 15 is 0 Å². The third-order valence-corrected chi connectivity index (χ3v) is 2.50. The van der Waals surface area contributed by atoms with Gasteiger partial charge in [0, 0.05) is 12.0 Å². The molecule has 0 unspecified atom stereocenters. The number of aromatic nitrogens is 3. The normalized spacial score (nSPS) is 10.4. The van der Waals surface area contributed by atoms with Crippen LogP contribution < -0.4 is 5.32 Å². The van der Waals surface area contributed by atoms with E-state index in [2.05, 4.69) is 20.5 Å². The van der Waals surface area contributed by atoms with E-state index < -0.39 is 0 Å². The van der Waals surface area contributed by atoms with Crippen molar-refractivity contribution in [1.82, 2.24) is 20.5 Å². The van der Waals surface area contributed by atoms with Crippen molar-refractivity contribution in [2.45, 2.75) is 12.8 Å². The van der Waals surface area contributed by atoms with E-state index in [4.69, 9.17) is 0 Å². The molecule has 1 heterocycles. The molecule has 0 radical (unpaired) electrons. The van der Waals surface area contributed by atoms with Crippen LogP contribution in [0, 0.1) is 0 Å². The number of nitrogens with one attached hydrogen (secondary N) is 1. The molecule has 0 aliphatic carbocycles. The van der Waals surface area contributed by atoms with E-state index in [1.807, 2.05) is 37.4 Å². The second kappa shape index (κ2) is 6.06. The fraction of sp³-hybridized carbons (Fsp3) is 0.308. The maximum atomic E-state index is 4.51. The standard InChI is InChI=1S/C13H16N4/c1-14-9-5-8-13-16-12(10-15-17-13)11-6-3-2-4-7-11/h2-4,6-7,10,14H,5,8-9H2,1H3. The van der Waals surface area contributed by atoms with E-state index in [1.165, 1.54) is 0 Å². The third-order valence-electron chi connectivity index (χ3n) is 2.50. The fourth-order valence-electron chi connectivity index (χ4n) is 1.62. The lowest BCUT2D eigenvalue weighted by atomic mass is 10.2. The minimum Gasteiger partial charge on any atom is -0.320 e. The summed E-state index contributed by atoms with van der Waals surface area (Å²) in [6, 6.07) is 10.0. The monoisotopic (exact) mass is 228 g/mol. The Morgan fingerprint density at radius 3 is 2.76 bits per heavy atom. The van der Waals surface area contributed by atoms with Crippen LogP contribution in [-0.4, -0.2) is 28.8 Å². The Kier molecular flexibility index (Phi) is 4.16. The van der Waals surface area contributed by atoms with Crippen molar-refractivity contribution in [3.8, 4) is 11.3 Å². The lowest BCUT2D eigenvalue weighted by Gasteiger charge is -2.02. The lowest BCUT2D eigenvalue weighted by molar-refractivity contribution is 0.691. The highest BCUT2D eigenvalue weighted by atomic mass is 15.1. The van der Waals surface area contributed by atoms with E-state index in [0.29, 0.717) is 0 Å². The molecule has 2 aromatic rings. The van der Waals surface area contributed by atoms with Crippen LogP contribution in [0.3, 0.4) is 0 Å². The van der Waals surface area contributed by atoms with Crippen molar-refractivity contribution in [2.24, 2.45) is 0 Å². The van der Waals surface area contributed by atoms with Crippen LogP contribution in [0.1, 0.15) is 12.2 Å². The first-order valence-corrected chi connectivity index (χ1v) is 5.79. The Morgan fingerprint density at radius 1 is 1.18 bits per heavy atom. The van der Waals surface area contributed by atoms with E-state index in [-0.39, 0.29) is 0 Å². The van der Waals surface area contributed by atoms with Gasteiger partial charge in [-0.1, -0.05) is 30.3 Å². The van der Waals surface area contributed by atoms with Gasteiger partial charge in [0.1, 0.15) is 0 Å². The highest BCUT2D eigenvalue weighted by Crippen LogP contribution is 2.14. The van der Waals surface area contributed by atoms with Gasteiger partial charge in [-0.3, -0.25) is 0 Å². The van der Waals surface area contributed by atoms with Crippen molar-refractivity contribution < 1.29 is 0 Å². The van der Waals surface area contributed by atoms with Gasteiger partial charge in [-0.05, 0) is 20.0 Å². The zero-order valence-corrected chi connectivity index (χ0v) is 9.93. The minimum absolute atomic E-state index is 0.807. The minimum atomic E-state index is 0.807. The molecule has 0 amide bonds. The van der Waals surface area contributed by atoms with Crippen molar-refractivity contribution in [1.29, 1.82) is 0 Å². The van der Waals surface area contributed by atoms with Gasteiger partial charge >= 0.3 is 0 Å². The Hall–Kier alpha value is -1.81. The summed E-state index contributed by atoms with van der Waals surface area (Å²) in [6.07, 6.45) is 3.59. The maximum Gasteiger partial charge on any atom is 0.151 e. The van der Waals surface area contributed by atoms with Gasteiger partial charge < -0.3 is 5.32 Å². The van der Waals surface area contributed by atoms with Gasteiger partial charge in [0.05, 0.1) is 11.9 Å². The summed E-state index contributed by atoms with van der Waals surface area (Å²) in [5, 5.41) is 11.2. The van der Waals surface area contributed by atoms with Crippen molar-refractivity contribution in [2.75, 3.05) is 13.6 Å². The van der Waals surface area contributed by atoms with Gasteiger partial charge in [0.25, 0.3) is 0 Å². The largest absolute Gasteiger partial charge is 0.320 e. The molecule has 0 spiro atoms. The van der Waals surface area contributed by atoms with Crippen molar-refractivity contribution in [3.63, 3.8) is 0 Å². The first kappa shape index (κ1) is 11.7. The first-order chi connectivity index (χ1) is 8.40. The predicted molar refractivity (Wildman–Crippen MR) is 67.5 cm³/mol. The molecule has 4 heteroatoms. The molecule has 0 saturated carbocycles. The van der Waals surface area contributed by atoms with Gasteiger partial charge in [-0.2, -0.15) is 5.10 Å². The van der Waals surface area contributed by atoms with Gasteiger partial charge in [0.2, 0.25) is 0 Å². The fourth-order valence-corrected chi connectivity index (χ4v) is 1.62. The SMILES string of the molecule is CNCCCc1nncc(-c2ccccc2)n1. The second-order valence-corrected chi connectivity index (χ2v) is 3.83. The summed E-state index contributed by atoms with van der Waals surface area (Å²) in [4.78, 5) is 4.51. The van der Waals surface area contributed by atoms with Gasteiger partial charge in [-0.15, -0.1) is 5.10 Å². The van der Waals surface area contributed by atoms with Crippen molar-refractivity contribution in [3.05, 3.63) is 42.4 Å². The summed E-state index contributed by atoms with van der Waals surface area (Å²) in [5.41, 5.74) is 1.97. The van der Waals surface area contributed by atoms with Crippen molar-refractivity contribution >= 4 is 0 Å². The zero-order chi connectivity index (χ0) is 11.9. The molecule has 2 rings (SSSR count). The highest BCUT2D eigenvalue weighted by molar-refractivity contribution is 5.57. The molecule has 0 bridgehead atoms. The number of rotatable bonds is 5. The molecule has 0 aliphatic rings. The molecular weight excluding hydrogens is 212 g/mol. The molecule has 4 nitrogen and oxygen atoms in total. The summed E-state index contributed by atoms with van der Waals surface area (Å²) in [5.74, 6) is 0.807. The molecule has 0 atom stereocenters. The average Bonchev–Trinajstić information content (AvgIpc) is 2.41. The van der Waals surface area contributed by atoms with E-state index in [0.717, 1.165) is 36.5 Å². The molecule has 1 aromatic carbocycles. The highest BCUT2D eigenvalue weighted by Gasteiger charge is 2.02. The third kappa shape index (κ3) is 3.32. The Labute approximate surface area is 101 Å². The maximum absolute atomic E-state index is 4.51.